The lowest BCUT2D eigenvalue weighted by Gasteiger charge is -2.45. The van der Waals surface area contributed by atoms with E-state index in [0.29, 0.717) is 6.04 Å². The van der Waals surface area contributed by atoms with Gasteiger partial charge in [-0.3, -0.25) is 4.90 Å². The molecule has 0 spiro atoms. The summed E-state index contributed by atoms with van der Waals surface area (Å²) in [7, 11) is 0. The van der Waals surface area contributed by atoms with Gasteiger partial charge in [-0.2, -0.15) is 0 Å². The van der Waals surface area contributed by atoms with Crippen LogP contribution in [0, 0.1) is 5.82 Å². The van der Waals surface area contributed by atoms with Crippen LogP contribution in [-0.4, -0.2) is 24.0 Å². The van der Waals surface area contributed by atoms with Crippen LogP contribution in [-0.2, 0) is 5.54 Å². The first-order chi connectivity index (χ1) is 10.1. The highest BCUT2D eigenvalue weighted by Gasteiger charge is 2.38. The molecule has 1 saturated heterocycles. The van der Waals surface area contributed by atoms with Gasteiger partial charge in [0.25, 0.3) is 0 Å². The first kappa shape index (κ1) is 16.4. The third-order valence-electron chi connectivity index (χ3n) is 4.95. The van der Waals surface area contributed by atoms with Crippen LogP contribution in [0.3, 0.4) is 0 Å². The molecule has 0 saturated carbocycles. The Morgan fingerprint density at radius 1 is 1.14 bits per heavy atom. The second-order valence-corrected chi connectivity index (χ2v) is 6.30. The van der Waals surface area contributed by atoms with Crippen molar-refractivity contribution in [2.45, 2.75) is 64.0 Å². The molecule has 21 heavy (non-hydrogen) atoms. The lowest BCUT2D eigenvalue weighted by Crippen LogP contribution is -2.57. The van der Waals surface area contributed by atoms with Gasteiger partial charge in [-0.1, -0.05) is 38.8 Å². The summed E-state index contributed by atoms with van der Waals surface area (Å²) in [6, 6.07) is 7.15. The number of halogens is 1. The average Bonchev–Trinajstić information content (AvgIpc) is 2.53. The van der Waals surface area contributed by atoms with Crippen LogP contribution in [0.2, 0.25) is 0 Å². The number of hydrogen-bond donors (Lipinski definition) is 1. The van der Waals surface area contributed by atoms with E-state index in [0.717, 1.165) is 37.9 Å². The predicted molar refractivity (Wildman–Crippen MR) is 86.7 cm³/mol. The van der Waals surface area contributed by atoms with Gasteiger partial charge < -0.3 is 5.73 Å². The summed E-state index contributed by atoms with van der Waals surface area (Å²) in [5.41, 5.74) is 7.54. The first-order valence-corrected chi connectivity index (χ1v) is 8.40. The second kappa shape index (κ2) is 7.37. The van der Waals surface area contributed by atoms with E-state index < -0.39 is 0 Å². The van der Waals surface area contributed by atoms with Gasteiger partial charge in [-0.25, -0.2) is 4.39 Å². The zero-order chi connectivity index (χ0) is 15.3. The molecule has 0 aromatic heterocycles. The maximum atomic E-state index is 13.2. The first-order valence-electron chi connectivity index (χ1n) is 8.40. The number of nitrogens with zero attached hydrogens (tertiary/aromatic N) is 1. The molecule has 2 unspecified atom stereocenters. The summed E-state index contributed by atoms with van der Waals surface area (Å²) in [4.78, 5) is 2.57. The lowest BCUT2D eigenvalue weighted by atomic mass is 9.78. The van der Waals surface area contributed by atoms with Crippen LogP contribution >= 0.6 is 0 Å². The van der Waals surface area contributed by atoms with Crippen molar-refractivity contribution in [2.75, 3.05) is 13.1 Å². The quantitative estimate of drug-likeness (QED) is 0.857. The Morgan fingerprint density at radius 3 is 2.29 bits per heavy atom. The highest BCUT2D eigenvalue weighted by atomic mass is 19.1. The number of piperidine rings is 1. The molecular weight excluding hydrogens is 263 g/mol. The van der Waals surface area contributed by atoms with Crippen LogP contribution < -0.4 is 5.73 Å². The average molecular weight is 292 g/mol. The van der Waals surface area contributed by atoms with Gasteiger partial charge in [0.2, 0.25) is 0 Å². The Labute approximate surface area is 128 Å². The summed E-state index contributed by atoms with van der Waals surface area (Å²) in [6.07, 6.45) is 6.96. The van der Waals surface area contributed by atoms with Crippen molar-refractivity contribution in [3.8, 4) is 0 Å². The molecule has 1 aromatic carbocycles. The van der Waals surface area contributed by atoms with E-state index in [1.54, 1.807) is 0 Å². The Balaban J connectivity index is 2.30. The lowest BCUT2D eigenvalue weighted by molar-refractivity contribution is 0.0857. The molecule has 1 aliphatic rings. The summed E-state index contributed by atoms with van der Waals surface area (Å²) < 4.78 is 13.2. The molecule has 2 nitrogen and oxygen atoms in total. The molecule has 1 aliphatic heterocycles. The topological polar surface area (TPSA) is 29.3 Å². The van der Waals surface area contributed by atoms with E-state index in [-0.39, 0.29) is 11.4 Å². The standard InChI is InChI=1S/C18H29FN2/c1-3-8-17(21-13-6-5-7-14-21)18(20,4-2)15-9-11-16(19)12-10-15/h9-12,17H,3-8,13-14,20H2,1-2H3. The van der Waals surface area contributed by atoms with Gasteiger partial charge in [-0.15, -0.1) is 0 Å². The maximum absolute atomic E-state index is 13.2. The largest absolute Gasteiger partial charge is 0.320 e. The Morgan fingerprint density at radius 2 is 1.76 bits per heavy atom. The van der Waals surface area contributed by atoms with Gasteiger partial charge in [-0.05, 0) is 56.5 Å². The Bertz CT molecular complexity index is 425. The van der Waals surface area contributed by atoms with Crippen molar-refractivity contribution in [1.82, 2.24) is 4.90 Å². The Hall–Kier alpha value is -0.930. The van der Waals surface area contributed by atoms with Crippen LogP contribution in [0.1, 0.15) is 57.9 Å². The number of nitrogens with two attached hydrogens (primary N) is 1. The summed E-state index contributed by atoms with van der Waals surface area (Å²) in [5, 5.41) is 0. The van der Waals surface area contributed by atoms with Crippen molar-refractivity contribution >= 4 is 0 Å². The van der Waals surface area contributed by atoms with Crippen molar-refractivity contribution < 1.29 is 4.39 Å². The maximum Gasteiger partial charge on any atom is 0.123 e. The van der Waals surface area contributed by atoms with E-state index in [4.69, 9.17) is 5.73 Å². The minimum Gasteiger partial charge on any atom is -0.320 e. The number of hydrogen-bond acceptors (Lipinski definition) is 2. The molecule has 1 heterocycles. The molecular formula is C18H29FN2. The number of benzene rings is 1. The molecule has 3 heteroatoms. The van der Waals surface area contributed by atoms with Crippen molar-refractivity contribution in [3.05, 3.63) is 35.6 Å². The van der Waals surface area contributed by atoms with Crippen LogP contribution in [0.4, 0.5) is 4.39 Å². The summed E-state index contributed by atoms with van der Waals surface area (Å²) in [5.74, 6) is -0.192. The van der Waals surface area contributed by atoms with Crippen LogP contribution in [0.15, 0.2) is 24.3 Å². The highest BCUT2D eigenvalue weighted by Crippen LogP contribution is 2.33. The third kappa shape index (κ3) is 3.64. The molecule has 1 fully saturated rings. The monoisotopic (exact) mass is 292 g/mol. The molecule has 1 aromatic rings. The van der Waals surface area contributed by atoms with Gasteiger partial charge >= 0.3 is 0 Å². The fraction of sp³-hybridized carbons (Fsp3) is 0.667. The molecule has 0 bridgehead atoms. The number of likely N-dealkylation sites (tertiary alicyclic amines) is 1. The summed E-state index contributed by atoms with van der Waals surface area (Å²) in [6.45, 7) is 6.66. The molecule has 0 amide bonds. The van der Waals surface area contributed by atoms with Crippen molar-refractivity contribution in [3.63, 3.8) is 0 Å². The van der Waals surface area contributed by atoms with E-state index in [1.807, 2.05) is 12.1 Å². The zero-order valence-corrected chi connectivity index (χ0v) is 13.4. The van der Waals surface area contributed by atoms with Gasteiger partial charge in [0.05, 0.1) is 5.54 Å². The van der Waals surface area contributed by atoms with E-state index >= 15 is 0 Å². The predicted octanol–water partition coefficient (Wildman–Crippen LogP) is 4.04. The fourth-order valence-corrected chi connectivity index (χ4v) is 3.66. The van der Waals surface area contributed by atoms with E-state index in [1.165, 1.54) is 31.4 Å². The van der Waals surface area contributed by atoms with Crippen molar-refractivity contribution in [2.24, 2.45) is 5.73 Å². The highest BCUT2D eigenvalue weighted by molar-refractivity contribution is 5.27. The molecule has 2 atom stereocenters. The SMILES string of the molecule is CCCC(N1CCCCC1)C(N)(CC)c1ccc(F)cc1. The minimum atomic E-state index is -0.388. The number of rotatable bonds is 6. The minimum absolute atomic E-state index is 0.192. The zero-order valence-electron chi connectivity index (χ0n) is 13.4. The van der Waals surface area contributed by atoms with E-state index in [9.17, 15) is 4.39 Å². The van der Waals surface area contributed by atoms with Crippen LogP contribution in [0.25, 0.3) is 0 Å². The fourth-order valence-electron chi connectivity index (χ4n) is 3.66. The third-order valence-corrected chi connectivity index (χ3v) is 4.95. The molecule has 0 radical (unpaired) electrons. The molecule has 118 valence electrons. The Kier molecular flexibility index (Phi) is 5.77. The van der Waals surface area contributed by atoms with Crippen LogP contribution in [0.5, 0.6) is 0 Å². The van der Waals surface area contributed by atoms with Gasteiger partial charge in [0, 0.05) is 6.04 Å². The molecule has 2 N–H and O–H groups in total. The molecule has 0 aliphatic carbocycles. The normalized spacial score (nSPS) is 21.0. The van der Waals surface area contributed by atoms with Gasteiger partial charge in [0.1, 0.15) is 5.82 Å². The summed E-state index contributed by atoms with van der Waals surface area (Å²) >= 11 is 0. The van der Waals surface area contributed by atoms with E-state index in [2.05, 4.69) is 18.7 Å². The molecule has 2 rings (SSSR count). The van der Waals surface area contributed by atoms with Crippen molar-refractivity contribution in [1.29, 1.82) is 0 Å². The second-order valence-electron chi connectivity index (χ2n) is 6.30. The smallest absolute Gasteiger partial charge is 0.123 e. The van der Waals surface area contributed by atoms with Gasteiger partial charge in [0.15, 0.2) is 0 Å².